The first-order chi connectivity index (χ1) is 15.0. The number of nitrogens with two attached hydrogens (primary N) is 2. The van der Waals surface area contributed by atoms with Gasteiger partial charge in [-0.3, -0.25) is 10.0 Å². The number of hydrogen-bond acceptors (Lipinski definition) is 9. The summed E-state index contributed by atoms with van der Waals surface area (Å²) in [4.78, 5) is 27.2. The number of hydrogen-bond donors (Lipinski definition) is 5. The number of carbonyl (C=O) groups is 2. The molecular formula is C21H24N4O5S. The van der Waals surface area contributed by atoms with E-state index in [1.807, 2.05) is 42.5 Å². The predicted octanol–water partition coefficient (Wildman–Crippen LogP) is 1.82. The molecule has 1 heterocycles. The number of hydroxylamine groups is 1. The molecule has 0 aliphatic carbocycles. The zero-order chi connectivity index (χ0) is 22.2. The highest BCUT2D eigenvalue weighted by molar-refractivity contribution is 7.20. The van der Waals surface area contributed by atoms with Gasteiger partial charge >= 0.3 is 5.97 Å². The summed E-state index contributed by atoms with van der Waals surface area (Å²) >= 11 is 1.33. The van der Waals surface area contributed by atoms with E-state index >= 15 is 0 Å². The Kier molecular flexibility index (Phi) is 7.93. The van der Waals surface area contributed by atoms with E-state index in [0.29, 0.717) is 30.1 Å². The van der Waals surface area contributed by atoms with Crippen LogP contribution in [0.25, 0.3) is 10.1 Å². The molecule has 3 rings (SSSR count). The molecule has 0 bridgehead atoms. The molecule has 2 aromatic carbocycles. The first-order valence-electron chi connectivity index (χ1n) is 9.55. The maximum atomic E-state index is 11.5. The van der Waals surface area contributed by atoms with Gasteiger partial charge in [0.2, 0.25) is 0 Å². The van der Waals surface area contributed by atoms with Crippen molar-refractivity contribution >= 4 is 33.3 Å². The van der Waals surface area contributed by atoms with Crippen LogP contribution in [0, 0.1) is 0 Å². The quantitative estimate of drug-likeness (QED) is 0.235. The highest BCUT2D eigenvalue weighted by Crippen LogP contribution is 2.26. The van der Waals surface area contributed by atoms with Gasteiger partial charge < -0.3 is 20.6 Å². The number of nitrogens with one attached hydrogen (secondary N) is 2. The van der Waals surface area contributed by atoms with E-state index < -0.39 is 17.9 Å². The van der Waals surface area contributed by atoms with Crippen molar-refractivity contribution in [3.05, 3.63) is 64.5 Å². The van der Waals surface area contributed by atoms with E-state index in [1.165, 1.54) is 11.3 Å². The Hall–Kier alpha value is -3.02. The van der Waals surface area contributed by atoms with Crippen LogP contribution < -0.4 is 27.2 Å². The molecule has 164 valence electrons. The maximum absolute atomic E-state index is 11.5. The van der Waals surface area contributed by atoms with E-state index in [9.17, 15) is 9.59 Å². The molecule has 0 unspecified atom stereocenters. The average molecular weight is 445 g/mol. The summed E-state index contributed by atoms with van der Waals surface area (Å²) in [6, 6.07) is 14.6. The molecule has 0 saturated carbocycles. The van der Waals surface area contributed by atoms with Crippen LogP contribution in [0.4, 0.5) is 0 Å². The summed E-state index contributed by atoms with van der Waals surface area (Å²) in [7, 11) is 0. The highest BCUT2D eigenvalue weighted by atomic mass is 32.1. The van der Waals surface area contributed by atoms with Crippen LogP contribution in [-0.2, 0) is 22.7 Å². The third-order valence-electron chi connectivity index (χ3n) is 4.61. The fourth-order valence-corrected chi connectivity index (χ4v) is 3.93. The molecule has 0 aliphatic rings. The molecule has 1 amide bonds. The fraction of sp³-hybridized carbons (Fsp3) is 0.238. The SMILES string of the molecule is NOC(=O)[C@@H](N)CCOc1ccc(CNCc2ccc3cc(C(=O)NO)sc3c2)cc1. The average Bonchev–Trinajstić information content (AvgIpc) is 3.22. The number of thiophene rings is 1. The minimum atomic E-state index is -0.805. The van der Waals surface area contributed by atoms with Gasteiger partial charge in [-0.25, -0.2) is 10.3 Å². The largest absolute Gasteiger partial charge is 0.494 e. The normalized spacial score (nSPS) is 11.8. The van der Waals surface area contributed by atoms with Gasteiger partial charge in [0.25, 0.3) is 5.91 Å². The molecule has 0 saturated heterocycles. The summed E-state index contributed by atoms with van der Waals surface area (Å²) in [6.07, 6.45) is 0.306. The van der Waals surface area contributed by atoms with Crippen LogP contribution >= 0.6 is 11.3 Å². The van der Waals surface area contributed by atoms with E-state index in [4.69, 9.17) is 21.6 Å². The molecular weight excluding hydrogens is 420 g/mol. The lowest BCUT2D eigenvalue weighted by molar-refractivity contribution is -0.146. The Bertz CT molecular complexity index is 1040. The third-order valence-corrected chi connectivity index (χ3v) is 5.70. The van der Waals surface area contributed by atoms with Gasteiger partial charge in [-0.05, 0) is 40.8 Å². The van der Waals surface area contributed by atoms with Crippen LogP contribution in [-0.4, -0.2) is 29.7 Å². The minimum absolute atomic E-state index is 0.279. The second-order valence-corrected chi connectivity index (χ2v) is 7.94. The molecule has 3 aromatic rings. The van der Waals surface area contributed by atoms with Crippen molar-refractivity contribution in [3.63, 3.8) is 0 Å². The lowest BCUT2D eigenvalue weighted by atomic mass is 10.1. The standard InChI is InChI=1S/C21H24N4O5S/c22-17(21(27)30-23)7-8-29-16-5-2-13(3-6-16)11-24-12-14-1-4-15-10-19(20(26)25-28)31-18(15)9-14/h1-6,9-10,17,24,28H,7-8,11-12,22-23H2,(H,25,26)/t17-/m0/s1. The van der Waals surface area contributed by atoms with Crippen molar-refractivity contribution in [2.24, 2.45) is 11.6 Å². The van der Waals surface area contributed by atoms with Crippen molar-refractivity contribution in [1.82, 2.24) is 10.8 Å². The maximum Gasteiger partial charge on any atom is 0.341 e. The van der Waals surface area contributed by atoms with Crippen molar-refractivity contribution in [3.8, 4) is 5.75 Å². The summed E-state index contributed by atoms with van der Waals surface area (Å²) in [5, 5.41) is 13.1. The lowest BCUT2D eigenvalue weighted by Gasteiger charge is -2.11. The van der Waals surface area contributed by atoms with Gasteiger partial charge in [0.05, 0.1) is 11.5 Å². The fourth-order valence-electron chi connectivity index (χ4n) is 2.92. The van der Waals surface area contributed by atoms with Gasteiger partial charge in [-0.1, -0.05) is 24.3 Å². The number of amides is 1. The molecule has 0 spiro atoms. The smallest absolute Gasteiger partial charge is 0.341 e. The Morgan fingerprint density at radius 2 is 1.77 bits per heavy atom. The highest BCUT2D eigenvalue weighted by Gasteiger charge is 2.14. The van der Waals surface area contributed by atoms with E-state index in [2.05, 4.69) is 10.2 Å². The minimum Gasteiger partial charge on any atom is -0.494 e. The molecule has 0 radical (unpaired) electrons. The van der Waals surface area contributed by atoms with Gasteiger partial charge in [0.1, 0.15) is 11.8 Å². The Morgan fingerprint density at radius 3 is 2.48 bits per heavy atom. The summed E-state index contributed by atoms with van der Waals surface area (Å²) in [6.45, 7) is 1.62. The van der Waals surface area contributed by atoms with E-state index in [1.54, 1.807) is 11.5 Å². The van der Waals surface area contributed by atoms with E-state index in [-0.39, 0.29) is 6.61 Å². The molecule has 0 fully saturated rings. The van der Waals surface area contributed by atoms with Crippen LogP contribution in [0.1, 0.15) is 27.2 Å². The van der Waals surface area contributed by atoms with E-state index in [0.717, 1.165) is 21.2 Å². The number of fused-ring (bicyclic) bond motifs is 1. The zero-order valence-electron chi connectivity index (χ0n) is 16.7. The van der Waals surface area contributed by atoms with Gasteiger partial charge in [0.15, 0.2) is 0 Å². The lowest BCUT2D eigenvalue weighted by Crippen LogP contribution is -2.35. The molecule has 10 heteroatoms. The number of rotatable bonds is 10. The molecule has 31 heavy (non-hydrogen) atoms. The molecule has 1 aromatic heterocycles. The second kappa shape index (κ2) is 10.8. The summed E-state index contributed by atoms with van der Waals surface area (Å²) in [5.41, 5.74) is 9.45. The topological polar surface area (TPSA) is 149 Å². The molecule has 1 atom stereocenters. The number of ether oxygens (including phenoxy) is 1. The monoisotopic (exact) mass is 444 g/mol. The van der Waals surface area contributed by atoms with Crippen molar-refractivity contribution < 1.29 is 24.4 Å². The van der Waals surface area contributed by atoms with Gasteiger partial charge in [0, 0.05) is 24.2 Å². The Morgan fingerprint density at radius 1 is 1.06 bits per heavy atom. The van der Waals surface area contributed by atoms with Crippen LogP contribution in [0.5, 0.6) is 5.75 Å². The van der Waals surface area contributed by atoms with Crippen LogP contribution in [0.3, 0.4) is 0 Å². The first kappa shape index (κ1) is 22.7. The van der Waals surface area contributed by atoms with Crippen molar-refractivity contribution in [2.45, 2.75) is 25.6 Å². The van der Waals surface area contributed by atoms with Crippen LogP contribution in [0.15, 0.2) is 48.5 Å². The Labute approximate surface area is 182 Å². The summed E-state index contributed by atoms with van der Waals surface area (Å²) < 4.78 is 6.56. The Balaban J connectivity index is 1.46. The number of benzene rings is 2. The predicted molar refractivity (Wildman–Crippen MR) is 116 cm³/mol. The molecule has 7 N–H and O–H groups in total. The first-order valence-corrected chi connectivity index (χ1v) is 10.4. The number of carbonyl (C=O) groups excluding carboxylic acids is 2. The zero-order valence-corrected chi connectivity index (χ0v) is 17.5. The molecule has 0 aliphatic heterocycles. The summed E-state index contributed by atoms with van der Waals surface area (Å²) in [5.74, 6) is 4.30. The van der Waals surface area contributed by atoms with Gasteiger partial charge in [-0.2, -0.15) is 5.90 Å². The molecule has 9 nitrogen and oxygen atoms in total. The van der Waals surface area contributed by atoms with Crippen LogP contribution in [0.2, 0.25) is 0 Å². The van der Waals surface area contributed by atoms with Crippen molar-refractivity contribution in [1.29, 1.82) is 0 Å². The second-order valence-electron chi connectivity index (χ2n) is 6.85. The third kappa shape index (κ3) is 6.23. The van der Waals surface area contributed by atoms with Gasteiger partial charge in [-0.15, -0.1) is 11.3 Å². The van der Waals surface area contributed by atoms with Crippen molar-refractivity contribution in [2.75, 3.05) is 6.61 Å².